The Morgan fingerprint density at radius 3 is 2.44 bits per heavy atom. The van der Waals surface area contributed by atoms with Gasteiger partial charge < -0.3 is 29.9 Å². The molecule has 4 N–H and O–H groups in total. The van der Waals surface area contributed by atoms with Gasteiger partial charge in [0.15, 0.2) is 0 Å². The lowest BCUT2D eigenvalue weighted by Crippen LogP contribution is -2.55. The summed E-state index contributed by atoms with van der Waals surface area (Å²) < 4.78 is 11.3. The molecule has 4 rings (SSSR count). The number of benzene rings is 2. The third-order valence-corrected chi connectivity index (χ3v) is 5.74. The molecule has 0 amide bonds. The molecule has 5 atom stereocenters. The molecule has 2 heterocycles. The quantitative estimate of drug-likeness (QED) is 0.442. The van der Waals surface area contributed by atoms with Gasteiger partial charge in [-0.2, -0.15) is 0 Å². The zero-order valence-electron chi connectivity index (χ0n) is 17.0. The first-order valence-corrected chi connectivity index (χ1v) is 10.5. The summed E-state index contributed by atoms with van der Waals surface area (Å²) in [5.41, 5.74) is 2.36. The minimum Gasteiger partial charge on any atom is -0.438 e. The second kappa shape index (κ2) is 9.91. The maximum absolute atomic E-state index is 10.4. The van der Waals surface area contributed by atoms with Crippen molar-refractivity contribution in [1.29, 1.82) is 0 Å². The SMILES string of the molecule is OC[C@H]1O[C@@H](c2ccc(Cl)c(Cc3ccc(Oc4cnccn4)cc3)c2)[C@H](O)[C@@H](O)[C@@H]1O. The normalized spacial score (nSPS) is 25.5. The van der Waals surface area contributed by atoms with Gasteiger partial charge in [-0.1, -0.05) is 35.9 Å². The number of nitrogens with zero attached hydrogens (tertiary/aromatic N) is 2. The molecule has 1 aliphatic heterocycles. The van der Waals surface area contributed by atoms with E-state index in [1.165, 1.54) is 6.20 Å². The highest BCUT2D eigenvalue weighted by atomic mass is 35.5. The van der Waals surface area contributed by atoms with E-state index in [-0.39, 0.29) is 0 Å². The van der Waals surface area contributed by atoms with Crippen LogP contribution in [-0.4, -0.2) is 61.4 Å². The van der Waals surface area contributed by atoms with Crippen LogP contribution in [0.25, 0.3) is 0 Å². The van der Waals surface area contributed by atoms with E-state index in [2.05, 4.69) is 9.97 Å². The fourth-order valence-electron chi connectivity index (χ4n) is 3.64. The van der Waals surface area contributed by atoms with Crippen LogP contribution >= 0.6 is 11.6 Å². The van der Waals surface area contributed by atoms with E-state index in [1.807, 2.05) is 24.3 Å². The van der Waals surface area contributed by atoms with E-state index < -0.39 is 37.1 Å². The fourth-order valence-corrected chi connectivity index (χ4v) is 3.82. The topological polar surface area (TPSA) is 125 Å². The third-order valence-electron chi connectivity index (χ3n) is 5.37. The monoisotopic (exact) mass is 458 g/mol. The predicted octanol–water partition coefficient (Wildman–Crippen LogP) is 2.03. The maximum Gasteiger partial charge on any atom is 0.237 e. The molecule has 0 unspecified atom stereocenters. The number of hydrogen-bond acceptors (Lipinski definition) is 8. The Hall–Kier alpha value is -2.59. The third kappa shape index (κ3) is 4.91. The summed E-state index contributed by atoms with van der Waals surface area (Å²) in [6.07, 6.45) is -0.921. The Morgan fingerprint density at radius 1 is 0.969 bits per heavy atom. The lowest BCUT2D eigenvalue weighted by atomic mass is 9.90. The van der Waals surface area contributed by atoms with Crippen LogP contribution in [-0.2, 0) is 11.2 Å². The molecule has 0 radical (unpaired) electrons. The van der Waals surface area contributed by atoms with Crippen molar-refractivity contribution in [2.45, 2.75) is 36.9 Å². The van der Waals surface area contributed by atoms with Gasteiger partial charge in [-0.15, -0.1) is 0 Å². The van der Waals surface area contributed by atoms with E-state index >= 15 is 0 Å². The Balaban J connectivity index is 1.50. The van der Waals surface area contributed by atoms with Crippen molar-refractivity contribution in [2.24, 2.45) is 0 Å². The smallest absolute Gasteiger partial charge is 0.237 e. The minimum atomic E-state index is -1.44. The molecule has 1 aliphatic rings. The maximum atomic E-state index is 10.4. The average molecular weight is 459 g/mol. The summed E-state index contributed by atoms with van der Waals surface area (Å²) in [6.45, 7) is -0.481. The Morgan fingerprint density at radius 2 is 1.75 bits per heavy atom. The highest BCUT2D eigenvalue weighted by Crippen LogP contribution is 2.34. The number of aliphatic hydroxyl groups excluding tert-OH is 4. The lowest BCUT2D eigenvalue weighted by Gasteiger charge is -2.40. The Labute approximate surface area is 189 Å². The van der Waals surface area contributed by atoms with Crippen molar-refractivity contribution >= 4 is 11.6 Å². The summed E-state index contributed by atoms with van der Waals surface area (Å²) in [5.74, 6) is 1.02. The van der Waals surface area contributed by atoms with Gasteiger partial charge >= 0.3 is 0 Å². The summed E-state index contributed by atoms with van der Waals surface area (Å²) in [4.78, 5) is 8.04. The van der Waals surface area contributed by atoms with Gasteiger partial charge in [0.1, 0.15) is 36.3 Å². The Bertz CT molecular complexity index is 1030. The van der Waals surface area contributed by atoms with Crippen molar-refractivity contribution in [2.75, 3.05) is 6.61 Å². The van der Waals surface area contributed by atoms with Gasteiger partial charge in [0.2, 0.25) is 5.88 Å². The lowest BCUT2D eigenvalue weighted by molar-refractivity contribution is -0.231. The van der Waals surface area contributed by atoms with E-state index in [0.717, 1.165) is 11.1 Å². The van der Waals surface area contributed by atoms with Crippen LogP contribution in [0.2, 0.25) is 5.02 Å². The molecule has 0 saturated carbocycles. The average Bonchev–Trinajstić information content (AvgIpc) is 2.81. The fraction of sp³-hybridized carbons (Fsp3) is 0.304. The van der Waals surface area contributed by atoms with Crippen LogP contribution in [0.1, 0.15) is 22.8 Å². The van der Waals surface area contributed by atoms with Gasteiger partial charge in [0.05, 0.1) is 12.8 Å². The molecule has 32 heavy (non-hydrogen) atoms. The van der Waals surface area contributed by atoms with Gasteiger partial charge in [0, 0.05) is 17.4 Å². The standard InChI is InChI=1S/C23H23ClN2O6/c24-17-6-3-14(23-22(30)21(29)20(28)18(12-27)32-23)10-15(17)9-13-1-4-16(5-2-13)31-19-11-25-7-8-26-19/h1-8,10-11,18,20-23,27-30H,9,12H2/t18-,20-,21+,22-,23+/m1/s1. The molecule has 9 heteroatoms. The van der Waals surface area contributed by atoms with E-state index in [1.54, 1.807) is 30.6 Å². The number of aliphatic hydroxyl groups is 4. The summed E-state index contributed by atoms with van der Waals surface area (Å²) in [5, 5.41) is 40.4. The number of rotatable bonds is 6. The number of ether oxygens (including phenoxy) is 2. The second-order valence-electron chi connectivity index (χ2n) is 7.57. The molecule has 1 fully saturated rings. The summed E-state index contributed by atoms with van der Waals surface area (Å²) >= 11 is 6.40. The molecule has 1 aromatic heterocycles. The van der Waals surface area contributed by atoms with Crippen LogP contribution in [0.15, 0.2) is 61.1 Å². The first-order chi connectivity index (χ1) is 15.5. The predicted molar refractivity (Wildman–Crippen MR) is 116 cm³/mol. The first-order valence-electron chi connectivity index (χ1n) is 10.1. The van der Waals surface area contributed by atoms with E-state index in [9.17, 15) is 20.4 Å². The molecular weight excluding hydrogens is 436 g/mol. The van der Waals surface area contributed by atoms with Crippen molar-refractivity contribution in [1.82, 2.24) is 9.97 Å². The van der Waals surface area contributed by atoms with Crippen LogP contribution in [0.3, 0.4) is 0 Å². The summed E-state index contributed by atoms with van der Waals surface area (Å²) in [7, 11) is 0. The van der Waals surface area contributed by atoms with Gasteiger partial charge in [-0.05, 0) is 41.3 Å². The number of halogens is 1. The summed E-state index contributed by atoms with van der Waals surface area (Å²) in [6, 6.07) is 12.6. The van der Waals surface area contributed by atoms with Crippen LogP contribution in [0, 0.1) is 0 Å². The van der Waals surface area contributed by atoms with Crippen molar-refractivity contribution in [3.05, 3.63) is 82.8 Å². The van der Waals surface area contributed by atoms with Gasteiger partial charge in [-0.25, -0.2) is 4.98 Å². The van der Waals surface area contributed by atoms with Gasteiger partial charge in [-0.3, -0.25) is 4.98 Å². The van der Waals surface area contributed by atoms with Crippen LogP contribution < -0.4 is 4.74 Å². The molecule has 1 saturated heterocycles. The van der Waals surface area contributed by atoms with Gasteiger partial charge in [0.25, 0.3) is 0 Å². The van der Waals surface area contributed by atoms with Crippen molar-refractivity contribution in [3.8, 4) is 11.6 Å². The Kier molecular flexibility index (Phi) is 7.00. The first kappa shape index (κ1) is 22.6. The van der Waals surface area contributed by atoms with E-state index in [4.69, 9.17) is 21.1 Å². The second-order valence-corrected chi connectivity index (χ2v) is 7.97. The van der Waals surface area contributed by atoms with Crippen LogP contribution in [0.4, 0.5) is 0 Å². The number of hydrogen-bond donors (Lipinski definition) is 4. The molecule has 8 nitrogen and oxygen atoms in total. The number of aromatic nitrogens is 2. The van der Waals surface area contributed by atoms with E-state index in [0.29, 0.717) is 28.6 Å². The molecule has 0 bridgehead atoms. The molecule has 168 valence electrons. The molecule has 2 aromatic carbocycles. The highest BCUT2D eigenvalue weighted by Gasteiger charge is 2.44. The highest BCUT2D eigenvalue weighted by molar-refractivity contribution is 6.31. The zero-order valence-corrected chi connectivity index (χ0v) is 17.7. The van der Waals surface area contributed by atoms with Crippen LogP contribution in [0.5, 0.6) is 11.6 Å². The molecular formula is C23H23ClN2O6. The largest absolute Gasteiger partial charge is 0.438 e. The zero-order chi connectivity index (χ0) is 22.7. The molecule has 3 aromatic rings. The molecule has 0 spiro atoms. The molecule has 0 aliphatic carbocycles. The van der Waals surface area contributed by atoms with Crippen molar-refractivity contribution < 1.29 is 29.9 Å². The van der Waals surface area contributed by atoms with Crippen molar-refractivity contribution in [3.63, 3.8) is 0 Å². The minimum absolute atomic E-state index is 0.399.